The third-order valence-corrected chi connectivity index (χ3v) is 5.16. The van der Waals surface area contributed by atoms with Gasteiger partial charge in [0.05, 0.1) is 6.04 Å². The van der Waals surface area contributed by atoms with Gasteiger partial charge in [-0.15, -0.1) is 0 Å². The van der Waals surface area contributed by atoms with Crippen LogP contribution in [0.1, 0.15) is 62.9 Å². The first kappa shape index (κ1) is 20.2. The van der Waals surface area contributed by atoms with Crippen LogP contribution in [-0.2, 0) is 4.74 Å². The number of carbonyl (C=O) groups is 1. The number of carbonyl (C=O) groups excluding carboxylic acids is 1. The number of rotatable bonds is 5. The first-order valence-electron chi connectivity index (χ1n) is 10.5. The van der Waals surface area contributed by atoms with Crippen molar-refractivity contribution in [2.24, 2.45) is 0 Å². The molecule has 0 spiro atoms. The summed E-state index contributed by atoms with van der Waals surface area (Å²) < 4.78 is 13.5. The van der Waals surface area contributed by atoms with Crippen molar-refractivity contribution in [2.75, 3.05) is 0 Å². The van der Waals surface area contributed by atoms with Crippen LogP contribution in [-0.4, -0.2) is 21.4 Å². The quantitative estimate of drug-likeness (QED) is 0.461. The molecule has 30 heavy (non-hydrogen) atoms. The van der Waals surface area contributed by atoms with Crippen LogP contribution in [0.2, 0.25) is 0 Å². The van der Waals surface area contributed by atoms with E-state index in [2.05, 4.69) is 0 Å². The Kier molecular flexibility index (Phi) is 5.62. The SMILES string of the molecule is CC(C)(C)OC(=O)c1cn(C2CCCC2)nc1-c1ccc(Oc2ccccc2)cc1. The van der Waals surface area contributed by atoms with Crippen LogP contribution in [0.5, 0.6) is 11.5 Å². The Balaban J connectivity index is 1.63. The Hall–Kier alpha value is -3.08. The zero-order chi connectivity index (χ0) is 21.1. The van der Waals surface area contributed by atoms with Crippen molar-refractivity contribution in [3.05, 3.63) is 66.4 Å². The van der Waals surface area contributed by atoms with Crippen LogP contribution in [0.25, 0.3) is 11.3 Å². The molecule has 1 heterocycles. The lowest BCUT2D eigenvalue weighted by atomic mass is 10.1. The minimum Gasteiger partial charge on any atom is -0.457 e. The Labute approximate surface area is 177 Å². The Morgan fingerprint density at radius 3 is 2.23 bits per heavy atom. The van der Waals surface area contributed by atoms with Crippen LogP contribution in [0, 0.1) is 0 Å². The molecule has 5 nitrogen and oxygen atoms in total. The number of hydrogen-bond acceptors (Lipinski definition) is 4. The molecule has 3 aromatic rings. The monoisotopic (exact) mass is 404 g/mol. The lowest BCUT2D eigenvalue weighted by molar-refractivity contribution is 0.00702. The van der Waals surface area contributed by atoms with E-state index in [1.165, 1.54) is 12.8 Å². The molecule has 156 valence electrons. The van der Waals surface area contributed by atoms with Gasteiger partial charge in [0.25, 0.3) is 0 Å². The van der Waals surface area contributed by atoms with Gasteiger partial charge < -0.3 is 9.47 Å². The van der Waals surface area contributed by atoms with E-state index in [4.69, 9.17) is 14.6 Å². The first-order chi connectivity index (χ1) is 14.4. The summed E-state index contributed by atoms with van der Waals surface area (Å²) in [6.07, 6.45) is 6.45. The molecule has 1 aliphatic carbocycles. The number of esters is 1. The predicted molar refractivity (Wildman–Crippen MR) is 117 cm³/mol. The predicted octanol–water partition coefficient (Wildman–Crippen LogP) is 6.41. The van der Waals surface area contributed by atoms with Gasteiger partial charge in [0.1, 0.15) is 28.4 Å². The third-order valence-electron chi connectivity index (χ3n) is 5.16. The zero-order valence-corrected chi connectivity index (χ0v) is 17.8. The average molecular weight is 405 g/mol. The second-order valence-electron chi connectivity index (χ2n) is 8.75. The molecule has 0 aliphatic heterocycles. The Morgan fingerprint density at radius 2 is 1.60 bits per heavy atom. The normalized spacial score (nSPS) is 14.6. The van der Waals surface area contributed by atoms with E-state index in [-0.39, 0.29) is 5.97 Å². The molecule has 1 aromatic heterocycles. The van der Waals surface area contributed by atoms with Gasteiger partial charge in [-0.3, -0.25) is 4.68 Å². The summed E-state index contributed by atoms with van der Waals surface area (Å²) in [7, 11) is 0. The van der Waals surface area contributed by atoms with E-state index >= 15 is 0 Å². The minimum absolute atomic E-state index is 0.341. The summed E-state index contributed by atoms with van der Waals surface area (Å²) in [6.45, 7) is 5.63. The highest BCUT2D eigenvalue weighted by Gasteiger charge is 2.26. The molecule has 5 heteroatoms. The van der Waals surface area contributed by atoms with Crippen LogP contribution in [0.3, 0.4) is 0 Å². The van der Waals surface area contributed by atoms with Crippen molar-refractivity contribution >= 4 is 5.97 Å². The van der Waals surface area contributed by atoms with Crippen LogP contribution in [0.15, 0.2) is 60.8 Å². The molecule has 0 atom stereocenters. The molecule has 0 N–H and O–H groups in total. The average Bonchev–Trinajstić information content (AvgIpc) is 3.38. The summed E-state index contributed by atoms with van der Waals surface area (Å²) in [5, 5.41) is 4.80. The van der Waals surface area contributed by atoms with Gasteiger partial charge in [-0.25, -0.2) is 4.79 Å². The summed E-state index contributed by atoms with van der Waals surface area (Å²) in [6, 6.07) is 17.7. The van der Waals surface area contributed by atoms with E-state index in [1.807, 2.05) is 86.2 Å². The molecule has 1 saturated carbocycles. The van der Waals surface area contributed by atoms with Crippen molar-refractivity contribution < 1.29 is 14.3 Å². The number of ether oxygens (including phenoxy) is 2. The maximum Gasteiger partial charge on any atom is 0.342 e. The fourth-order valence-corrected chi connectivity index (χ4v) is 3.75. The van der Waals surface area contributed by atoms with E-state index < -0.39 is 5.60 Å². The minimum atomic E-state index is -0.558. The second kappa shape index (κ2) is 8.34. The molecule has 1 aliphatic rings. The van der Waals surface area contributed by atoms with Gasteiger partial charge in [0, 0.05) is 11.8 Å². The molecular weight excluding hydrogens is 376 g/mol. The highest BCUT2D eigenvalue weighted by atomic mass is 16.6. The smallest absolute Gasteiger partial charge is 0.342 e. The summed E-state index contributed by atoms with van der Waals surface area (Å²) >= 11 is 0. The zero-order valence-electron chi connectivity index (χ0n) is 17.8. The fraction of sp³-hybridized carbons (Fsp3) is 0.360. The maximum atomic E-state index is 12.9. The van der Waals surface area contributed by atoms with Crippen molar-refractivity contribution in [1.29, 1.82) is 0 Å². The van der Waals surface area contributed by atoms with Crippen molar-refractivity contribution in [3.63, 3.8) is 0 Å². The van der Waals surface area contributed by atoms with E-state index in [9.17, 15) is 4.79 Å². The lowest BCUT2D eigenvalue weighted by Crippen LogP contribution is -2.24. The van der Waals surface area contributed by atoms with Crippen LogP contribution in [0.4, 0.5) is 0 Å². The number of nitrogens with zero attached hydrogens (tertiary/aromatic N) is 2. The van der Waals surface area contributed by atoms with Gasteiger partial charge in [0.15, 0.2) is 0 Å². The summed E-state index contributed by atoms with van der Waals surface area (Å²) in [5.41, 5.74) is 1.47. The van der Waals surface area contributed by atoms with Crippen LogP contribution < -0.4 is 4.74 Å². The highest BCUT2D eigenvalue weighted by Crippen LogP contribution is 2.33. The summed E-state index contributed by atoms with van der Waals surface area (Å²) in [5.74, 6) is 1.18. The van der Waals surface area contributed by atoms with E-state index in [0.717, 1.165) is 29.9 Å². The molecule has 2 aromatic carbocycles. The fourth-order valence-electron chi connectivity index (χ4n) is 3.75. The number of hydrogen-bond donors (Lipinski definition) is 0. The summed E-state index contributed by atoms with van der Waals surface area (Å²) in [4.78, 5) is 12.9. The molecular formula is C25H28N2O3. The lowest BCUT2D eigenvalue weighted by Gasteiger charge is -2.19. The van der Waals surface area contributed by atoms with Gasteiger partial charge in [-0.2, -0.15) is 5.10 Å². The maximum absolute atomic E-state index is 12.9. The largest absolute Gasteiger partial charge is 0.457 e. The Bertz CT molecular complexity index is 995. The van der Waals surface area contributed by atoms with Crippen molar-refractivity contribution in [1.82, 2.24) is 9.78 Å². The number of benzene rings is 2. The van der Waals surface area contributed by atoms with Crippen LogP contribution >= 0.6 is 0 Å². The molecule has 0 saturated heterocycles. The highest BCUT2D eigenvalue weighted by molar-refractivity contribution is 5.96. The van der Waals surface area contributed by atoms with Gasteiger partial charge in [0.2, 0.25) is 0 Å². The van der Waals surface area contributed by atoms with Gasteiger partial charge >= 0.3 is 5.97 Å². The standard InChI is InChI=1S/C25H28N2O3/c1-25(2,3)30-24(28)22-17-27(19-9-7-8-10-19)26-23(22)18-13-15-21(16-14-18)29-20-11-5-4-6-12-20/h4-6,11-17,19H,7-10H2,1-3H3. The number of aromatic nitrogens is 2. The van der Waals surface area contributed by atoms with Crippen molar-refractivity contribution in [3.8, 4) is 22.8 Å². The molecule has 1 fully saturated rings. The molecule has 0 radical (unpaired) electrons. The van der Waals surface area contributed by atoms with E-state index in [0.29, 0.717) is 17.3 Å². The van der Waals surface area contributed by atoms with Gasteiger partial charge in [-0.05, 0) is 70.0 Å². The second-order valence-corrected chi connectivity index (χ2v) is 8.75. The molecule has 0 bridgehead atoms. The molecule has 4 rings (SSSR count). The molecule has 0 amide bonds. The topological polar surface area (TPSA) is 53.4 Å². The third kappa shape index (κ3) is 4.73. The number of para-hydroxylation sites is 1. The molecule has 0 unspecified atom stereocenters. The van der Waals surface area contributed by atoms with E-state index in [1.54, 1.807) is 0 Å². The first-order valence-corrected chi connectivity index (χ1v) is 10.5. The van der Waals surface area contributed by atoms with Gasteiger partial charge in [-0.1, -0.05) is 31.0 Å². The van der Waals surface area contributed by atoms with Crippen molar-refractivity contribution in [2.45, 2.75) is 58.1 Å². The Morgan fingerprint density at radius 1 is 0.967 bits per heavy atom.